The molecule has 0 amide bonds. The maximum atomic E-state index is 14.2. The van der Waals surface area contributed by atoms with Crippen molar-refractivity contribution in [1.82, 2.24) is 14.9 Å². The van der Waals surface area contributed by atoms with Gasteiger partial charge in [-0.3, -0.25) is 4.90 Å². The predicted molar refractivity (Wildman–Crippen MR) is 135 cm³/mol. The Bertz CT molecular complexity index is 1250. The van der Waals surface area contributed by atoms with Gasteiger partial charge in [0.15, 0.2) is 0 Å². The molecular formula is C28H33FN4O2. The standard InChI is InChI=1S/C28H33FN4O2/c1-3-19-7-4-8-20-9-5-10-24(25(19)20)32-14-11-22-23(17-32)30-27(31-26(22)34-2)35-18-28-12-6-13-33(28)16-21(29)15-28/h4-5,7-10,21H,3,6,11-18H2,1-2H3/t21-,28?/m1/s1. The topological polar surface area (TPSA) is 50.7 Å². The first-order valence-corrected chi connectivity index (χ1v) is 12.8. The first-order valence-electron chi connectivity index (χ1n) is 12.8. The van der Waals surface area contributed by atoms with Gasteiger partial charge >= 0.3 is 6.01 Å². The lowest BCUT2D eigenvalue weighted by molar-refractivity contribution is 0.106. The first kappa shape index (κ1) is 22.5. The molecule has 2 aromatic carbocycles. The van der Waals surface area contributed by atoms with E-state index in [4.69, 9.17) is 14.5 Å². The van der Waals surface area contributed by atoms with Gasteiger partial charge < -0.3 is 14.4 Å². The van der Waals surface area contributed by atoms with E-state index in [1.807, 2.05) is 0 Å². The summed E-state index contributed by atoms with van der Waals surface area (Å²) in [5, 5.41) is 2.58. The van der Waals surface area contributed by atoms with Crippen LogP contribution in [-0.2, 0) is 19.4 Å². The maximum Gasteiger partial charge on any atom is 0.320 e. The summed E-state index contributed by atoms with van der Waals surface area (Å²) in [4.78, 5) is 14.1. The van der Waals surface area contributed by atoms with Crippen LogP contribution in [0.2, 0.25) is 0 Å². The highest BCUT2D eigenvalue weighted by Gasteiger charge is 2.49. The Morgan fingerprint density at radius 3 is 2.83 bits per heavy atom. The predicted octanol–water partition coefficient (Wildman–Crippen LogP) is 4.72. The number of benzene rings is 2. The number of nitrogens with zero attached hydrogens (tertiary/aromatic N) is 4. The fourth-order valence-corrected chi connectivity index (χ4v) is 6.42. The number of hydrogen-bond donors (Lipinski definition) is 0. The molecule has 3 aliphatic rings. The second-order valence-electron chi connectivity index (χ2n) is 10.1. The van der Waals surface area contributed by atoms with Crippen molar-refractivity contribution in [2.45, 2.75) is 57.3 Å². The van der Waals surface area contributed by atoms with Crippen molar-refractivity contribution in [3.05, 3.63) is 53.2 Å². The summed E-state index contributed by atoms with van der Waals surface area (Å²) >= 11 is 0. The van der Waals surface area contributed by atoms with Crippen LogP contribution in [0.25, 0.3) is 10.8 Å². The van der Waals surface area contributed by atoms with Gasteiger partial charge in [-0.2, -0.15) is 9.97 Å². The molecule has 184 valence electrons. The van der Waals surface area contributed by atoms with Crippen molar-refractivity contribution in [3.8, 4) is 11.9 Å². The highest BCUT2D eigenvalue weighted by Crippen LogP contribution is 2.41. The maximum absolute atomic E-state index is 14.2. The smallest absolute Gasteiger partial charge is 0.320 e. The monoisotopic (exact) mass is 476 g/mol. The zero-order valence-electron chi connectivity index (χ0n) is 20.6. The Kier molecular flexibility index (Phi) is 5.75. The fourth-order valence-electron chi connectivity index (χ4n) is 6.42. The number of ether oxygens (including phenoxy) is 2. The minimum Gasteiger partial charge on any atom is -0.481 e. The van der Waals surface area contributed by atoms with Crippen LogP contribution in [0.15, 0.2) is 36.4 Å². The highest BCUT2D eigenvalue weighted by atomic mass is 19.1. The molecule has 0 N–H and O–H groups in total. The molecule has 1 unspecified atom stereocenters. The van der Waals surface area contributed by atoms with Crippen molar-refractivity contribution in [2.75, 3.05) is 38.3 Å². The van der Waals surface area contributed by atoms with Gasteiger partial charge in [-0.15, -0.1) is 0 Å². The van der Waals surface area contributed by atoms with Crippen molar-refractivity contribution in [1.29, 1.82) is 0 Å². The molecule has 0 aliphatic carbocycles. The zero-order chi connectivity index (χ0) is 24.0. The van der Waals surface area contributed by atoms with Crippen LogP contribution in [0, 0.1) is 0 Å². The van der Waals surface area contributed by atoms with E-state index in [0.717, 1.165) is 50.0 Å². The molecule has 3 aliphatic heterocycles. The van der Waals surface area contributed by atoms with E-state index < -0.39 is 6.17 Å². The molecule has 6 rings (SSSR count). The lowest BCUT2D eigenvalue weighted by Gasteiger charge is -2.33. The van der Waals surface area contributed by atoms with Gasteiger partial charge in [0.1, 0.15) is 12.8 Å². The van der Waals surface area contributed by atoms with Crippen LogP contribution in [0.5, 0.6) is 11.9 Å². The van der Waals surface area contributed by atoms with E-state index in [1.54, 1.807) is 7.11 Å². The number of halogens is 1. The SMILES string of the molecule is CCc1cccc2cccc(N3CCc4c(nc(OCC56CCCN5C[C@H](F)C6)nc4OC)C3)c12. The third-order valence-corrected chi connectivity index (χ3v) is 8.12. The lowest BCUT2D eigenvalue weighted by Crippen LogP contribution is -2.43. The number of aromatic nitrogens is 2. The third-order valence-electron chi connectivity index (χ3n) is 8.12. The Morgan fingerprint density at radius 1 is 1.14 bits per heavy atom. The number of fused-ring (bicyclic) bond motifs is 3. The van der Waals surface area contributed by atoms with E-state index in [1.165, 1.54) is 22.0 Å². The normalized spacial score (nSPS) is 24.0. The molecule has 2 saturated heterocycles. The van der Waals surface area contributed by atoms with Crippen LogP contribution >= 0.6 is 0 Å². The molecule has 3 aromatic rings. The van der Waals surface area contributed by atoms with Gasteiger partial charge in [0.05, 0.1) is 24.9 Å². The minimum absolute atomic E-state index is 0.225. The Morgan fingerprint density at radius 2 is 2.00 bits per heavy atom. The number of rotatable bonds is 6. The molecule has 0 radical (unpaired) electrons. The van der Waals surface area contributed by atoms with E-state index >= 15 is 0 Å². The summed E-state index contributed by atoms with van der Waals surface area (Å²) < 4.78 is 26.0. The summed E-state index contributed by atoms with van der Waals surface area (Å²) in [5.41, 5.74) is 4.37. The largest absolute Gasteiger partial charge is 0.481 e. The molecule has 35 heavy (non-hydrogen) atoms. The van der Waals surface area contributed by atoms with E-state index in [9.17, 15) is 4.39 Å². The molecule has 7 heteroatoms. The van der Waals surface area contributed by atoms with Gasteiger partial charge in [0.25, 0.3) is 0 Å². The lowest BCUT2D eigenvalue weighted by atomic mass is 9.95. The fraction of sp³-hybridized carbons (Fsp3) is 0.500. The van der Waals surface area contributed by atoms with Gasteiger partial charge in [0.2, 0.25) is 5.88 Å². The van der Waals surface area contributed by atoms with Crippen LogP contribution in [0.1, 0.15) is 43.0 Å². The van der Waals surface area contributed by atoms with Crippen molar-refractivity contribution in [2.24, 2.45) is 0 Å². The second-order valence-corrected chi connectivity index (χ2v) is 10.1. The van der Waals surface area contributed by atoms with Crippen LogP contribution in [0.3, 0.4) is 0 Å². The van der Waals surface area contributed by atoms with Crippen LogP contribution in [-0.4, -0.2) is 59.9 Å². The molecule has 2 atom stereocenters. The van der Waals surface area contributed by atoms with E-state index in [-0.39, 0.29) is 5.54 Å². The average Bonchev–Trinajstić information content (AvgIpc) is 3.41. The molecule has 0 bridgehead atoms. The van der Waals surface area contributed by atoms with Crippen molar-refractivity contribution < 1.29 is 13.9 Å². The first-order chi connectivity index (χ1) is 17.1. The zero-order valence-corrected chi connectivity index (χ0v) is 20.6. The summed E-state index contributed by atoms with van der Waals surface area (Å²) in [5.74, 6) is 0.590. The van der Waals surface area contributed by atoms with Crippen molar-refractivity contribution in [3.63, 3.8) is 0 Å². The Labute approximate surface area is 206 Å². The number of aryl methyl sites for hydroxylation is 1. The summed E-state index contributed by atoms with van der Waals surface area (Å²) in [6.45, 7) is 5.63. The van der Waals surface area contributed by atoms with Gasteiger partial charge in [-0.25, -0.2) is 4.39 Å². The Balaban J connectivity index is 1.29. The summed E-state index contributed by atoms with van der Waals surface area (Å²) in [6.07, 6.45) is 3.61. The minimum atomic E-state index is -0.778. The molecule has 6 nitrogen and oxygen atoms in total. The number of methoxy groups -OCH3 is 1. The second kappa shape index (κ2) is 8.94. The average molecular weight is 477 g/mol. The van der Waals surface area contributed by atoms with Gasteiger partial charge in [0, 0.05) is 36.1 Å². The molecule has 0 spiro atoms. The third kappa shape index (κ3) is 3.90. The van der Waals surface area contributed by atoms with Crippen molar-refractivity contribution >= 4 is 16.5 Å². The van der Waals surface area contributed by atoms with Gasteiger partial charge in [-0.05, 0) is 49.2 Å². The number of hydrogen-bond acceptors (Lipinski definition) is 6. The van der Waals surface area contributed by atoms with E-state index in [0.29, 0.717) is 38.0 Å². The van der Waals surface area contributed by atoms with E-state index in [2.05, 4.69) is 58.1 Å². The molecule has 2 fully saturated rings. The van der Waals surface area contributed by atoms with Gasteiger partial charge in [-0.1, -0.05) is 37.3 Å². The Hall–Kier alpha value is -2.93. The molecule has 1 aromatic heterocycles. The number of anilines is 1. The molecule has 0 saturated carbocycles. The molecular weight excluding hydrogens is 443 g/mol. The molecule has 4 heterocycles. The highest BCUT2D eigenvalue weighted by molar-refractivity contribution is 5.97. The van der Waals surface area contributed by atoms with Crippen LogP contribution < -0.4 is 14.4 Å². The van der Waals surface area contributed by atoms with Crippen LogP contribution in [0.4, 0.5) is 10.1 Å². The summed E-state index contributed by atoms with van der Waals surface area (Å²) in [7, 11) is 1.65. The number of alkyl halides is 1. The summed E-state index contributed by atoms with van der Waals surface area (Å²) in [6, 6.07) is 13.4. The quantitative estimate of drug-likeness (QED) is 0.513.